The van der Waals surface area contributed by atoms with Crippen LogP contribution < -0.4 is 27.0 Å². The van der Waals surface area contributed by atoms with Gasteiger partial charge in [0, 0.05) is 142 Å². The van der Waals surface area contributed by atoms with Crippen molar-refractivity contribution in [2.75, 3.05) is 170 Å². The molecule has 0 saturated carbocycles. The maximum Gasteiger partial charge on any atom is 0.317 e. The molecule has 11 N–H and O–H groups in total. The van der Waals surface area contributed by atoms with Crippen molar-refractivity contribution in [1.82, 2.24) is 60.5 Å². The van der Waals surface area contributed by atoms with E-state index in [2.05, 4.69) is 21.3 Å². The van der Waals surface area contributed by atoms with Gasteiger partial charge in [0.05, 0.1) is 68.0 Å². The van der Waals surface area contributed by atoms with Crippen molar-refractivity contribution in [3.63, 3.8) is 0 Å². The number of Topliss-reactive ketones (excluding diaryl/α,β-unsaturated/α-hetero) is 1. The first kappa shape index (κ1) is 69.7. The molecule has 29 nitrogen and oxygen atoms in total. The van der Waals surface area contributed by atoms with Gasteiger partial charge in [-0.3, -0.25) is 91.9 Å². The normalized spacial score (nSPS) is 17.9. The molecule has 0 aromatic heterocycles. The van der Waals surface area contributed by atoms with Gasteiger partial charge in [-0.25, -0.2) is 0 Å². The van der Waals surface area contributed by atoms with E-state index in [1.165, 1.54) is 6.92 Å². The fraction of sp³-hybridized carbons (Fsp3) is 0.646. The van der Waals surface area contributed by atoms with Gasteiger partial charge >= 0.3 is 29.8 Å². The third-order valence-electron chi connectivity index (χ3n) is 13.3. The fourth-order valence-electron chi connectivity index (χ4n) is 8.91. The third-order valence-corrected chi connectivity index (χ3v) is 16.5. The van der Waals surface area contributed by atoms with Crippen LogP contribution in [0.4, 0.5) is 0 Å². The molecule has 2 aliphatic rings. The van der Waals surface area contributed by atoms with Gasteiger partial charge in [-0.2, -0.15) is 0 Å². The second-order valence-electron chi connectivity index (χ2n) is 19.3. The van der Waals surface area contributed by atoms with Crippen molar-refractivity contribution in [3.8, 4) is 0 Å². The molecule has 2 heterocycles. The van der Waals surface area contributed by atoms with Crippen molar-refractivity contribution in [3.05, 3.63) is 27.4 Å². The Hall–Kier alpha value is -4.54. The lowest BCUT2D eigenvalue weighted by Gasteiger charge is -2.35. The van der Waals surface area contributed by atoms with Gasteiger partial charge in [-0.1, -0.05) is 0 Å². The summed E-state index contributed by atoms with van der Waals surface area (Å²) in [6.45, 7) is 6.99. The first-order chi connectivity index (χ1) is 37.7. The van der Waals surface area contributed by atoms with Gasteiger partial charge < -0.3 is 52.5 Å². The number of aliphatic carboxylic acids is 5. The Kier molecular flexibility index (Phi) is 30.9. The standard InChI is InChI=1S/C48H74I3N13O16/c1-30(65)24-57-8-9-58(25-33(66)67)10-13-60(27-35(70)71)17-21-63(20-16-57)31(2)45(77)53-4-6-55-47(79)39-41(49)38(44(52)76)42(50)40(43(39)51)48(80)56-7-5-54-46(78)32(3)64-22-18-61(28-36(72)73)14-11-59(26-34(68)69)12-15-62(19-23-64)29-37(74)75/h31-32H,4-29H2,1-3H3,(H2,52,76)(H,53,77)(H,54,78)(H,55,79)(H,56,80)(H,66,67)(H,68,69)(H,70,71)(H,72,73)(H,74,75). The van der Waals surface area contributed by atoms with Crippen LogP contribution in [0.1, 0.15) is 51.8 Å². The van der Waals surface area contributed by atoms with Crippen LogP contribution in [0.5, 0.6) is 0 Å². The Labute approximate surface area is 504 Å². The Bertz CT molecular complexity index is 2180. The monoisotopic (exact) mass is 1470 g/mol. The zero-order valence-corrected chi connectivity index (χ0v) is 51.5. The molecule has 1 aromatic rings. The molecule has 3 rings (SSSR count). The van der Waals surface area contributed by atoms with Gasteiger partial charge in [0.25, 0.3) is 17.7 Å². The molecule has 1 aromatic carbocycles. The molecule has 2 fully saturated rings. The summed E-state index contributed by atoms with van der Waals surface area (Å²) in [6.07, 6.45) is 0. The van der Waals surface area contributed by atoms with Crippen LogP contribution in [0.2, 0.25) is 0 Å². The zero-order valence-electron chi connectivity index (χ0n) is 45.1. The smallest absolute Gasteiger partial charge is 0.317 e. The van der Waals surface area contributed by atoms with Crippen LogP contribution in [-0.4, -0.2) is 312 Å². The Balaban J connectivity index is 1.69. The molecular formula is C48H74I3N13O16. The van der Waals surface area contributed by atoms with Gasteiger partial charge in [0.15, 0.2) is 0 Å². The summed E-state index contributed by atoms with van der Waals surface area (Å²) in [4.78, 5) is 152. The minimum absolute atomic E-state index is 0.0219. The van der Waals surface area contributed by atoms with Gasteiger partial charge in [-0.05, 0) is 88.5 Å². The number of carboxylic acids is 5. The number of carbonyl (C=O) groups excluding carboxylic acids is 6. The van der Waals surface area contributed by atoms with E-state index in [0.29, 0.717) is 26.2 Å². The summed E-state index contributed by atoms with van der Waals surface area (Å²) in [7, 11) is 0. The Morgan fingerprint density at radius 1 is 0.400 bits per heavy atom. The number of primary amides is 1. The van der Waals surface area contributed by atoms with Crippen LogP contribution in [0.3, 0.4) is 0 Å². The molecule has 2 aliphatic heterocycles. The van der Waals surface area contributed by atoms with E-state index in [0.717, 1.165) is 0 Å². The molecule has 5 amide bonds. The van der Waals surface area contributed by atoms with E-state index in [-0.39, 0.29) is 177 Å². The van der Waals surface area contributed by atoms with Crippen molar-refractivity contribution < 1.29 is 78.3 Å². The summed E-state index contributed by atoms with van der Waals surface area (Å²) in [5, 5.41) is 58.7. The number of nitrogens with two attached hydrogens (primary N) is 1. The average molecular weight is 1470 g/mol. The summed E-state index contributed by atoms with van der Waals surface area (Å²) in [5.41, 5.74) is 5.66. The van der Waals surface area contributed by atoms with Gasteiger partial charge in [0.2, 0.25) is 11.8 Å². The maximum atomic E-state index is 13.9. The van der Waals surface area contributed by atoms with E-state index in [1.54, 1.807) is 88.4 Å². The van der Waals surface area contributed by atoms with E-state index in [1.807, 2.05) is 32.4 Å². The first-order valence-corrected chi connectivity index (χ1v) is 28.9. The topological polar surface area (TPSA) is 389 Å². The van der Waals surface area contributed by atoms with Crippen molar-refractivity contribution in [1.29, 1.82) is 0 Å². The van der Waals surface area contributed by atoms with E-state index in [4.69, 9.17) is 5.73 Å². The molecule has 448 valence electrons. The van der Waals surface area contributed by atoms with Gasteiger partial charge in [0.1, 0.15) is 5.78 Å². The number of halogens is 3. The fourth-order valence-corrected chi connectivity index (χ4v) is 13.6. The minimum atomic E-state index is -1.09. The van der Waals surface area contributed by atoms with Crippen LogP contribution in [-0.2, 0) is 38.4 Å². The number of carboxylic acid groups (broad SMARTS) is 5. The predicted molar refractivity (Wildman–Crippen MR) is 313 cm³/mol. The number of rotatable bonds is 25. The Morgan fingerprint density at radius 3 is 0.863 bits per heavy atom. The minimum Gasteiger partial charge on any atom is -0.480 e. The molecule has 2 unspecified atom stereocenters. The molecule has 2 atom stereocenters. The maximum absolute atomic E-state index is 13.9. The molecule has 2 saturated heterocycles. The van der Waals surface area contributed by atoms with Gasteiger partial charge in [-0.15, -0.1) is 0 Å². The van der Waals surface area contributed by atoms with E-state index in [9.17, 15) is 78.3 Å². The molecule has 0 bridgehead atoms. The van der Waals surface area contributed by atoms with Crippen molar-refractivity contribution in [2.45, 2.75) is 32.9 Å². The summed E-state index contributed by atoms with van der Waals surface area (Å²) in [5.74, 6) is -8.58. The lowest BCUT2D eigenvalue weighted by molar-refractivity contribution is -0.140. The second kappa shape index (κ2) is 35.5. The number of nitrogens with one attached hydrogen (secondary N) is 4. The zero-order chi connectivity index (χ0) is 59.8. The molecule has 80 heavy (non-hydrogen) atoms. The highest BCUT2D eigenvalue weighted by Gasteiger charge is 2.31. The lowest BCUT2D eigenvalue weighted by atomic mass is 10.0. The molecular weight excluding hydrogens is 1400 g/mol. The highest BCUT2D eigenvalue weighted by atomic mass is 127. The summed E-state index contributed by atoms with van der Waals surface area (Å²) < 4.78 is 0.538. The molecule has 32 heteroatoms. The quantitative estimate of drug-likeness (QED) is 0.0336. The van der Waals surface area contributed by atoms with Crippen LogP contribution in [0.15, 0.2) is 0 Å². The number of hydrogen-bond donors (Lipinski definition) is 10. The van der Waals surface area contributed by atoms with Crippen LogP contribution in [0.25, 0.3) is 0 Å². The number of nitrogens with zero attached hydrogens (tertiary/aromatic N) is 8. The van der Waals surface area contributed by atoms with Crippen molar-refractivity contribution in [2.24, 2.45) is 5.73 Å². The third kappa shape index (κ3) is 24.5. The van der Waals surface area contributed by atoms with Crippen LogP contribution in [0, 0.1) is 10.7 Å². The second-order valence-corrected chi connectivity index (χ2v) is 22.5. The molecule has 0 radical (unpaired) electrons. The first-order valence-electron chi connectivity index (χ1n) is 25.7. The number of carbonyl (C=O) groups is 11. The molecule has 0 aliphatic carbocycles. The van der Waals surface area contributed by atoms with Crippen molar-refractivity contribution >= 4 is 133 Å². The lowest BCUT2D eigenvalue weighted by Crippen LogP contribution is -2.53. The highest BCUT2D eigenvalue weighted by Crippen LogP contribution is 2.32. The Morgan fingerprint density at radius 2 is 0.625 bits per heavy atom. The largest absolute Gasteiger partial charge is 0.480 e. The number of ketones is 1. The van der Waals surface area contributed by atoms with Crippen LogP contribution >= 0.6 is 67.8 Å². The SMILES string of the molecule is CC(=O)CN1CCN(CC(=O)O)CCN(CC(=O)O)CCN(C(C)C(=O)NCCNC(=O)c2c(I)c(C(N)=O)c(I)c(C(=O)NCCNC(=O)C(C)N3CCN(CC(=O)O)CCN(CC(=O)O)CCN(CC(=O)O)CC3)c2I)CC1. The van der Waals surface area contributed by atoms with E-state index >= 15 is 0 Å². The number of hydrogen-bond acceptors (Lipinski definition) is 19. The number of amides is 5. The number of benzene rings is 1. The highest BCUT2D eigenvalue weighted by molar-refractivity contribution is 14.1. The van der Waals surface area contributed by atoms with E-state index < -0.39 is 71.5 Å². The average Bonchev–Trinajstić information content (AvgIpc) is 3.34. The molecule has 0 spiro atoms. The summed E-state index contributed by atoms with van der Waals surface area (Å²) >= 11 is 5.44. The summed E-state index contributed by atoms with van der Waals surface area (Å²) in [6, 6.07) is -1.55. The predicted octanol–water partition coefficient (Wildman–Crippen LogP) is -3.48.